The highest BCUT2D eigenvalue weighted by Gasteiger charge is 2.20. The number of sulfonamides is 1. The molecule has 0 aromatic heterocycles. The first-order valence-corrected chi connectivity index (χ1v) is 17.2. The van der Waals surface area contributed by atoms with Crippen molar-refractivity contribution >= 4 is 50.6 Å². The Balaban J connectivity index is 1.37. The number of carboxylic acid groups (broad SMARTS) is 1. The van der Waals surface area contributed by atoms with Gasteiger partial charge in [0, 0.05) is 23.5 Å². The van der Waals surface area contributed by atoms with Crippen LogP contribution in [0.3, 0.4) is 0 Å². The van der Waals surface area contributed by atoms with Crippen LogP contribution in [0.4, 0.5) is 21.9 Å². The van der Waals surface area contributed by atoms with Gasteiger partial charge in [0.15, 0.2) is 0 Å². The van der Waals surface area contributed by atoms with Gasteiger partial charge in [-0.25, -0.2) is 13.2 Å². The number of para-hydroxylation sites is 1. The third-order valence-corrected chi connectivity index (χ3v) is 9.42. The van der Waals surface area contributed by atoms with E-state index < -0.39 is 27.9 Å². The zero-order valence-corrected chi connectivity index (χ0v) is 27.4. The number of amides is 3. The molecule has 48 heavy (non-hydrogen) atoms. The zero-order valence-electron chi connectivity index (χ0n) is 26.6. The molecule has 11 heteroatoms. The molecule has 10 nitrogen and oxygen atoms in total. The molecule has 0 heterocycles. The predicted molar refractivity (Wildman–Crippen MR) is 188 cm³/mol. The highest BCUT2D eigenvalue weighted by Crippen LogP contribution is 2.29. The summed E-state index contributed by atoms with van der Waals surface area (Å²) in [6.07, 6.45) is 6.47. The van der Waals surface area contributed by atoms with Crippen LogP contribution in [-0.2, 0) is 21.4 Å². The van der Waals surface area contributed by atoms with Crippen molar-refractivity contribution in [3.63, 3.8) is 0 Å². The lowest BCUT2D eigenvalue weighted by Crippen LogP contribution is -2.34. The van der Waals surface area contributed by atoms with Crippen molar-refractivity contribution < 1.29 is 27.9 Å². The molecular formula is C37H38N4O6S. The maximum absolute atomic E-state index is 13.9. The Bertz CT molecular complexity index is 1920. The summed E-state index contributed by atoms with van der Waals surface area (Å²) in [6.45, 7) is 1.98. The van der Waals surface area contributed by atoms with Crippen molar-refractivity contribution in [2.75, 3.05) is 21.5 Å². The van der Waals surface area contributed by atoms with Gasteiger partial charge in [-0.15, -0.1) is 0 Å². The van der Waals surface area contributed by atoms with Gasteiger partial charge in [0.1, 0.15) is 0 Å². The predicted octanol–water partition coefficient (Wildman–Crippen LogP) is 7.20. The lowest BCUT2D eigenvalue weighted by Gasteiger charge is -2.24. The second kappa shape index (κ2) is 15.4. The molecule has 4 N–H and O–H groups in total. The summed E-state index contributed by atoms with van der Waals surface area (Å²) in [5.41, 5.74) is 5.68. The molecule has 4 aromatic carbocycles. The van der Waals surface area contributed by atoms with Crippen LogP contribution in [0.1, 0.15) is 59.2 Å². The first-order valence-electron chi connectivity index (χ1n) is 15.7. The molecule has 0 saturated carbocycles. The average Bonchev–Trinajstić information content (AvgIpc) is 3.09. The van der Waals surface area contributed by atoms with E-state index in [9.17, 15) is 22.8 Å². The number of nitrogens with one attached hydrogen (secondary N) is 3. The maximum atomic E-state index is 13.9. The third-order valence-electron chi connectivity index (χ3n) is 8.05. The van der Waals surface area contributed by atoms with Crippen molar-refractivity contribution in [1.82, 2.24) is 5.32 Å². The largest absolute Gasteiger partial charge is 0.481 e. The average molecular weight is 667 g/mol. The number of hydrogen-bond acceptors (Lipinski definition) is 5. The molecule has 0 unspecified atom stereocenters. The minimum atomic E-state index is -3.93. The maximum Gasteiger partial charge on any atom is 0.326 e. The SMILES string of the molecule is Cc1ccccc1NS(=O)(=O)c1cccc(NC(=O)N(Cc2ccc(C(=O)NCCC(=O)O)cc2)c2ccc(C3=CCCCC3)cc2)c1. The molecule has 5 rings (SSSR count). The Kier molecular flexibility index (Phi) is 10.9. The molecule has 1 aliphatic carbocycles. The second-order valence-electron chi connectivity index (χ2n) is 11.6. The van der Waals surface area contributed by atoms with Gasteiger partial charge in [0.25, 0.3) is 15.9 Å². The Morgan fingerprint density at radius 2 is 1.62 bits per heavy atom. The number of rotatable bonds is 12. The van der Waals surface area contributed by atoms with E-state index in [1.54, 1.807) is 53.4 Å². The lowest BCUT2D eigenvalue weighted by molar-refractivity contribution is -0.136. The van der Waals surface area contributed by atoms with Crippen molar-refractivity contribution in [3.05, 3.63) is 125 Å². The summed E-state index contributed by atoms with van der Waals surface area (Å²) >= 11 is 0. The quantitative estimate of drug-likeness (QED) is 0.126. The summed E-state index contributed by atoms with van der Waals surface area (Å²) in [5, 5.41) is 14.3. The molecule has 0 bridgehead atoms. The number of allylic oxidation sites excluding steroid dienone is 2. The summed E-state index contributed by atoms with van der Waals surface area (Å²) in [7, 11) is -3.93. The van der Waals surface area contributed by atoms with Crippen LogP contribution in [0, 0.1) is 6.92 Å². The van der Waals surface area contributed by atoms with Crippen molar-refractivity contribution in [2.45, 2.75) is 50.5 Å². The third kappa shape index (κ3) is 8.89. The van der Waals surface area contributed by atoms with Gasteiger partial charge in [0.2, 0.25) is 0 Å². The fourth-order valence-corrected chi connectivity index (χ4v) is 6.56. The van der Waals surface area contributed by atoms with Crippen LogP contribution in [0.5, 0.6) is 0 Å². The molecule has 0 spiro atoms. The Labute approximate surface area is 280 Å². The number of carboxylic acids is 1. The van der Waals surface area contributed by atoms with E-state index in [4.69, 9.17) is 5.11 Å². The zero-order chi connectivity index (χ0) is 34.1. The van der Waals surface area contributed by atoms with Gasteiger partial charge in [-0.2, -0.15) is 0 Å². The van der Waals surface area contributed by atoms with Gasteiger partial charge in [-0.1, -0.05) is 54.6 Å². The molecule has 0 radical (unpaired) electrons. The number of benzene rings is 4. The summed E-state index contributed by atoms with van der Waals surface area (Å²) in [5.74, 6) is -1.39. The Hall–Kier alpha value is -5.42. The van der Waals surface area contributed by atoms with E-state index in [1.807, 2.05) is 43.3 Å². The van der Waals surface area contributed by atoms with Crippen LogP contribution < -0.4 is 20.3 Å². The standard InChI is InChI=1S/C37H38N4O6S/c1-26-8-5-6-13-34(26)40-48(46,47)33-12-7-11-31(24-33)39-37(45)41(32-20-18-29(19-21-32)28-9-3-2-4-10-28)25-27-14-16-30(17-15-27)36(44)38-23-22-35(42)43/h5-9,11-21,24,40H,2-4,10,22-23,25H2,1H3,(H,38,44)(H,39,45)(H,42,43). The first-order chi connectivity index (χ1) is 23.1. The molecule has 248 valence electrons. The van der Waals surface area contributed by atoms with Crippen LogP contribution in [0.15, 0.2) is 108 Å². The summed E-state index contributed by atoms with van der Waals surface area (Å²) in [6, 6.07) is 27.2. The van der Waals surface area contributed by atoms with Gasteiger partial charge >= 0.3 is 12.0 Å². The molecule has 4 aromatic rings. The van der Waals surface area contributed by atoms with Crippen LogP contribution in [-0.4, -0.2) is 38.0 Å². The molecular weight excluding hydrogens is 628 g/mol. The van der Waals surface area contributed by atoms with E-state index in [0.29, 0.717) is 22.6 Å². The van der Waals surface area contributed by atoms with Gasteiger partial charge in [-0.3, -0.25) is 19.2 Å². The van der Waals surface area contributed by atoms with E-state index in [2.05, 4.69) is 21.4 Å². The number of urea groups is 1. The molecule has 0 aliphatic heterocycles. The number of aliphatic carboxylic acids is 1. The summed E-state index contributed by atoms with van der Waals surface area (Å²) in [4.78, 5) is 38.6. The number of nitrogens with zero attached hydrogens (tertiary/aromatic N) is 1. The van der Waals surface area contributed by atoms with E-state index >= 15 is 0 Å². The first kappa shape index (κ1) is 33.9. The highest BCUT2D eigenvalue weighted by atomic mass is 32.2. The normalized spacial score (nSPS) is 12.8. The number of aryl methyl sites for hydroxylation is 1. The molecule has 0 saturated heterocycles. The molecule has 3 amide bonds. The Morgan fingerprint density at radius 3 is 2.31 bits per heavy atom. The van der Waals surface area contributed by atoms with Gasteiger partial charge in [0.05, 0.1) is 23.5 Å². The number of carbonyl (C=O) groups is 3. The van der Waals surface area contributed by atoms with E-state index in [1.165, 1.54) is 24.1 Å². The van der Waals surface area contributed by atoms with Gasteiger partial charge < -0.3 is 15.7 Å². The van der Waals surface area contributed by atoms with Crippen molar-refractivity contribution in [3.8, 4) is 0 Å². The monoisotopic (exact) mass is 666 g/mol. The van der Waals surface area contributed by atoms with Crippen LogP contribution in [0.2, 0.25) is 0 Å². The van der Waals surface area contributed by atoms with Crippen molar-refractivity contribution in [2.24, 2.45) is 0 Å². The molecule has 0 atom stereocenters. The topological polar surface area (TPSA) is 145 Å². The number of carbonyl (C=O) groups excluding carboxylic acids is 2. The van der Waals surface area contributed by atoms with Crippen molar-refractivity contribution in [1.29, 1.82) is 0 Å². The Morgan fingerprint density at radius 1 is 0.875 bits per heavy atom. The second-order valence-corrected chi connectivity index (χ2v) is 13.3. The number of anilines is 3. The smallest absolute Gasteiger partial charge is 0.326 e. The lowest BCUT2D eigenvalue weighted by atomic mass is 9.93. The van der Waals surface area contributed by atoms with Crippen LogP contribution >= 0.6 is 0 Å². The minimum absolute atomic E-state index is 0.00238. The summed E-state index contributed by atoms with van der Waals surface area (Å²) < 4.78 is 29.1. The molecule has 0 fully saturated rings. The van der Waals surface area contributed by atoms with E-state index in [-0.39, 0.29) is 24.4 Å². The minimum Gasteiger partial charge on any atom is -0.481 e. The van der Waals surface area contributed by atoms with Gasteiger partial charge in [-0.05, 0) is 103 Å². The molecule has 1 aliphatic rings. The fraction of sp³-hybridized carbons (Fsp3) is 0.216. The number of hydrogen-bond donors (Lipinski definition) is 4. The van der Waals surface area contributed by atoms with E-state index in [0.717, 1.165) is 36.0 Å². The fourth-order valence-electron chi connectivity index (χ4n) is 5.39. The highest BCUT2D eigenvalue weighted by molar-refractivity contribution is 7.92. The van der Waals surface area contributed by atoms with Crippen LogP contribution in [0.25, 0.3) is 5.57 Å².